The van der Waals surface area contributed by atoms with Crippen LogP contribution in [0.4, 0.5) is 5.69 Å². The largest absolute Gasteiger partial charge is 0.464 e. The molecule has 1 aliphatic heterocycles. The molecule has 5 heteroatoms. The Morgan fingerprint density at radius 3 is 2.89 bits per heavy atom. The minimum atomic E-state index is -0.557. The normalized spacial score (nSPS) is 16.3. The summed E-state index contributed by atoms with van der Waals surface area (Å²) in [6.07, 6.45) is 3.27. The number of ether oxygens (including phenoxy) is 1. The number of carbonyl (C=O) groups excluding carboxylic acids is 2. The summed E-state index contributed by atoms with van der Waals surface area (Å²) < 4.78 is 4.60. The number of anilines is 1. The number of esters is 1. The molecule has 0 radical (unpaired) electrons. The molecule has 1 aliphatic rings. The smallest absolute Gasteiger partial charge is 0.356 e. The van der Waals surface area contributed by atoms with Crippen molar-refractivity contribution in [3.05, 3.63) is 35.9 Å². The highest BCUT2D eigenvalue weighted by molar-refractivity contribution is 6.42. The number of aliphatic imine (C=N–C) groups is 1. The van der Waals surface area contributed by atoms with Crippen LogP contribution in [0.2, 0.25) is 0 Å². The summed E-state index contributed by atoms with van der Waals surface area (Å²) in [6, 6.07) is 7.31. The van der Waals surface area contributed by atoms with E-state index in [-0.39, 0.29) is 18.2 Å². The fraction of sp³-hybridized carbons (Fsp3) is 0.154. The van der Waals surface area contributed by atoms with Gasteiger partial charge in [0.05, 0.1) is 7.11 Å². The molecule has 1 aromatic rings. The van der Waals surface area contributed by atoms with Gasteiger partial charge in [-0.3, -0.25) is 9.79 Å². The van der Waals surface area contributed by atoms with E-state index < -0.39 is 5.97 Å². The molecule has 0 aromatic heterocycles. The lowest BCUT2D eigenvalue weighted by Gasteiger charge is -2.05. The minimum absolute atomic E-state index is 0.108. The second-order valence-electron chi connectivity index (χ2n) is 3.66. The maximum Gasteiger partial charge on any atom is 0.356 e. The average Bonchev–Trinajstić information content (AvgIpc) is 2.46. The van der Waals surface area contributed by atoms with Crippen molar-refractivity contribution in [3.63, 3.8) is 0 Å². The Kier molecular flexibility index (Phi) is 3.52. The molecular weight excluding hydrogens is 232 g/mol. The molecule has 2 rings (SSSR count). The number of hydrogen-bond donors (Lipinski definition) is 1. The molecule has 0 spiro atoms. The third-order valence-corrected chi connectivity index (χ3v) is 2.44. The molecule has 18 heavy (non-hydrogen) atoms. The predicted octanol–water partition coefficient (Wildman–Crippen LogP) is 1.27. The number of methoxy groups -OCH3 is 1. The van der Waals surface area contributed by atoms with Crippen molar-refractivity contribution >= 4 is 29.4 Å². The second kappa shape index (κ2) is 5.27. The van der Waals surface area contributed by atoms with Crippen molar-refractivity contribution < 1.29 is 14.3 Å². The van der Waals surface area contributed by atoms with Gasteiger partial charge in [-0.1, -0.05) is 24.3 Å². The van der Waals surface area contributed by atoms with Crippen LogP contribution in [-0.2, 0) is 14.3 Å². The molecule has 0 fully saturated rings. The van der Waals surface area contributed by atoms with Gasteiger partial charge in [0.25, 0.3) is 0 Å². The van der Waals surface area contributed by atoms with E-state index in [0.717, 1.165) is 5.56 Å². The molecule has 0 aliphatic carbocycles. The summed E-state index contributed by atoms with van der Waals surface area (Å²) in [6.45, 7) is -0.108. The van der Waals surface area contributed by atoms with Gasteiger partial charge in [-0.05, 0) is 17.7 Å². The first-order valence-corrected chi connectivity index (χ1v) is 5.40. The summed E-state index contributed by atoms with van der Waals surface area (Å²) >= 11 is 0. The topological polar surface area (TPSA) is 67.8 Å². The summed E-state index contributed by atoms with van der Waals surface area (Å²) in [5.74, 6) is -0.828. The molecule has 1 aromatic carbocycles. The zero-order chi connectivity index (χ0) is 13.0. The zero-order valence-electron chi connectivity index (χ0n) is 9.84. The molecule has 5 nitrogen and oxygen atoms in total. The maximum atomic E-state index is 11.6. The van der Waals surface area contributed by atoms with Crippen LogP contribution in [0.3, 0.4) is 0 Å². The SMILES string of the molecule is COC(=O)C1=NCC(=O)Nc2ccccc2/C=C/1. The quantitative estimate of drug-likeness (QED) is 0.756. The number of benzene rings is 1. The van der Waals surface area contributed by atoms with Crippen molar-refractivity contribution in [1.82, 2.24) is 0 Å². The Bertz CT molecular complexity index is 547. The standard InChI is InChI=1S/C13H12N2O3/c1-18-13(17)11-7-6-9-4-2-3-5-10(9)15-12(16)8-14-11/h2-7H,8H2,1H3,(H,15,16)/b7-6+,14-11?. The number of nitrogens with one attached hydrogen (secondary N) is 1. The van der Waals surface area contributed by atoms with Gasteiger partial charge >= 0.3 is 5.97 Å². The van der Waals surface area contributed by atoms with Crippen LogP contribution in [0.15, 0.2) is 35.3 Å². The van der Waals surface area contributed by atoms with Gasteiger partial charge in [0.1, 0.15) is 12.3 Å². The Hall–Kier alpha value is -2.43. The van der Waals surface area contributed by atoms with Crippen LogP contribution in [-0.4, -0.2) is 31.2 Å². The van der Waals surface area contributed by atoms with Crippen molar-refractivity contribution in [1.29, 1.82) is 0 Å². The number of fused-ring (bicyclic) bond motifs is 1. The zero-order valence-corrected chi connectivity index (χ0v) is 9.84. The van der Waals surface area contributed by atoms with E-state index in [4.69, 9.17) is 0 Å². The molecule has 0 atom stereocenters. The van der Waals surface area contributed by atoms with Crippen LogP contribution in [0, 0.1) is 0 Å². The first-order valence-electron chi connectivity index (χ1n) is 5.40. The van der Waals surface area contributed by atoms with Gasteiger partial charge in [-0.2, -0.15) is 0 Å². The van der Waals surface area contributed by atoms with E-state index in [1.54, 1.807) is 18.2 Å². The first-order chi connectivity index (χ1) is 8.70. The highest BCUT2D eigenvalue weighted by Gasteiger charge is 2.12. The molecule has 0 saturated carbocycles. The minimum Gasteiger partial charge on any atom is -0.464 e. The molecule has 1 heterocycles. The maximum absolute atomic E-state index is 11.6. The van der Waals surface area contributed by atoms with Crippen LogP contribution < -0.4 is 5.32 Å². The summed E-state index contributed by atoms with van der Waals surface area (Å²) in [7, 11) is 1.28. The number of rotatable bonds is 1. The van der Waals surface area contributed by atoms with Crippen LogP contribution in [0.5, 0.6) is 0 Å². The van der Waals surface area contributed by atoms with Gasteiger partial charge in [0, 0.05) is 5.69 Å². The lowest BCUT2D eigenvalue weighted by atomic mass is 10.1. The highest BCUT2D eigenvalue weighted by atomic mass is 16.5. The van der Waals surface area contributed by atoms with E-state index in [0.29, 0.717) is 5.69 Å². The fourth-order valence-corrected chi connectivity index (χ4v) is 1.56. The van der Waals surface area contributed by atoms with Gasteiger partial charge in [0.15, 0.2) is 0 Å². The van der Waals surface area contributed by atoms with E-state index in [2.05, 4.69) is 15.0 Å². The third kappa shape index (κ3) is 2.63. The summed E-state index contributed by atoms with van der Waals surface area (Å²) in [5.41, 5.74) is 1.63. The van der Waals surface area contributed by atoms with E-state index in [1.165, 1.54) is 7.11 Å². The number of para-hydroxylation sites is 1. The van der Waals surface area contributed by atoms with E-state index >= 15 is 0 Å². The Balaban J connectivity index is 2.41. The van der Waals surface area contributed by atoms with Crippen LogP contribution in [0.25, 0.3) is 6.08 Å². The molecular formula is C13H12N2O3. The average molecular weight is 244 g/mol. The van der Waals surface area contributed by atoms with Gasteiger partial charge < -0.3 is 10.1 Å². The Morgan fingerprint density at radius 2 is 2.11 bits per heavy atom. The summed E-state index contributed by atoms with van der Waals surface area (Å²) in [5, 5.41) is 2.73. The van der Waals surface area contributed by atoms with Gasteiger partial charge in [-0.25, -0.2) is 4.79 Å². The van der Waals surface area contributed by atoms with Crippen molar-refractivity contribution in [2.75, 3.05) is 19.0 Å². The molecule has 0 saturated heterocycles. The molecule has 92 valence electrons. The van der Waals surface area contributed by atoms with Crippen molar-refractivity contribution in [2.45, 2.75) is 0 Å². The number of hydrogen-bond acceptors (Lipinski definition) is 4. The van der Waals surface area contributed by atoms with E-state index in [1.807, 2.05) is 18.2 Å². The third-order valence-electron chi connectivity index (χ3n) is 2.44. The number of nitrogens with zero attached hydrogens (tertiary/aromatic N) is 1. The number of amides is 1. The lowest BCUT2D eigenvalue weighted by Crippen LogP contribution is -2.18. The predicted molar refractivity (Wildman–Crippen MR) is 68.4 cm³/mol. The van der Waals surface area contributed by atoms with Gasteiger partial charge in [-0.15, -0.1) is 0 Å². The van der Waals surface area contributed by atoms with Crippen molar-refractivity contribution in [3.8, 4) is 0 Å². The highest BCUT2D eigenvalue weighted by Crippen LogP contribution is 2.17. The fourth-order valence-electron chi connectivity index (χ4n) is 1.56. The number of carbonyl (C=O) groups is 2. The van der Waals surface area contributed by atoms with E-state index in [9.17, 15) is 9.59 Å². The Labute approximate surface area is 104 Å². The molecule has 0 unspecified atom stereocenters. The molecule has 1 amide bonds. The van der Waals surface area contributed by atoms with Crippen LogP contribution >= 0.6 is 0 Å². The molecule has 0 bridgehead atoms. The van der Waals surface area contributed by atoms with Crippen molar-refractivity contribution in [2.24, 2.45) is 4.99 Å². The monoisotopic (exact) mass is 244 g/mol. The lowest BCUT2D eigenvalue weighted by molar-refractivity contribution is -0.132. The summed E-state index contributed by atoms with van der Waals surface area (Å²) in [4.78, 5) is 27.0. The second-order valence-corrected chi connectivity index (χ2v) is 3.66. The van der Waals surface area contributed by atoms with Crippen LogP contribution in [0.1, 0.15) is 5.56 Å². The Morgan fingerprint density at radius 1 is 1.33 bits per heavy atom. The molecule has 1 N–H and O–H groups in total. The van der Waals surface area contributed by atoms with Gasteiger partial charge in [0.2, 0.25) is 5.91 Å². The first kappa shape index (κ1) is 12.0.